The molecule has 2 rings (SSSR count). The van der Waals surface area contributed by atoms with Crippen molar-refractivity contribution in [1.82, 2.24) is 5.32 Å². The van der Waals surface area contributed by atoms with Gasteiger partial charge in [0.1, 0.15) is 17.4 Å². The van der Waals surface area contributed by atoms with Gasteiger partial charge in [0.05, 0.1) is 6.61 Å². The normalized spacial score (nSPS) is 14.6. The molecule has 0 aromatic heterocycles. The minimum Gasteiger partial charge on any atom is -0.494 e. The molecule has 0 heterocycles. The number of carbonyl (C=O) groups is 1. The fraction of sp³-hybridized carbons (Fsp3) is 0.333. The number of hydrogen-bond donors (Lipinski definition) is 1. The van der Waals surface area contributed by atoms with Crippen molar-refractivity contribution in [2.24, 2.45) is 0 Å². The zero-order valence-corrected chi connectivity index (χ0v) is 10.8. The number of carbonyl (C=O) groups excluding carboxylic acids is 1. The first kappa shape index (κ1) is 13.2. The minimum absolute atomic E-state index is 0.126. The number of hydrogen-bond acceptors (Lipinski definition) is 3. The van der Waals surface area contributed by atoms with E-state index in [1.165, 1.54) is 0 Å². The molecule has 0 radical (unpaired) electrons. The summed E-state index contributed by atoms with van der Waals surface area (Å²) in [5, 5.41) is 11.9. The van der Waals surface area contributed by atoms with E-state index in [1.807, 2.05) is 37.3 Å². The van der Waals surface area contributed by atoms with Crippen LogP contribution >= 0.6 is 0 Å². The predicted octanol–water partition coefficient (Wildman–Crippen LogP) is 2.27. The van der Waals surface area contributed by atoms with Crippen LogP contribution in [-0.4, -0.2) is 18.6 Å². The number of benzene rings is 1. The molecular formula is C15H16N2O2. The first-order valence-electron chi connectivity index (χ1n) is 6.38. The van der Waals surface area contributed by atoms with Gasteiger partial charge in [0.25, 0.3) is 5.91 Å². The van der Waals surface area contributed by atoms with Crippen LogP contribution in [0.15, 0.2) is 29.8 Å². The molecule has 0 bridgehead atoms. The molecule has 1 N–H and O–H groups in total. The molecule has 1 saturated carbocycles. The van der Waals surface area contributed by atoms with Crippen molar-refractivity contribution >= 4 is 12.0 Å². The highest BCUT2D eigenvalue weighted by Crippen LogP contribution is 2.20. The Kier molecular flexibility index (Phi) is 4.19. The van der Waals surface area contributed by atoms with Crippen LogP contribution in [0.1, 0.15) is 25.3 Å². The number of nitrogens with one attached hydrogen (secondary N) is 1. The van der Waals surface area contributed by atoms with Gasteiger partial charge in [0.15, 0.2) is 0 Å². The molecule has 1 aromatic rings. The van der Waals surface area contributed by atoms with Crippen LogP contribution in [0, 0.1) is 11.3 Å². The molecule has 0 atom stereocenters. The van der Waals surface area contributed by atoms with Gasteiger partial charge in [-0.3, -0.25) is 4.79 Å². The monoisotopic (exact) mass is 256 g/mol. The first-order valence-corrected chi connectivity index (χ1v) is 6.38. The van der Waals surface area contributed by atoms with Crippen molar-refractivity contribution in [3.63, 3.8) is 0 Å². The smallest absolute Gasteiger partial charge is 0.262 e. The molecule has 19 heavy (non-hydrogen) atoms. The van der Waals surface area contributed by atoms with E-state index in [-0.39, 0.29) is 17.5 Å². The Morgan fingerprint density at radius 2 is 2.37 bits per heavy atom. The van der Waals surface area contributed by atoms with Crippen molar-refractivity contribution in [3.05, 3.63) is 35.4 Å². The fourth-order valence-electron chi connectivity index (χ4n) is 1.67. The Balaban J connectivity index is 2.14. The van der Waals surface area contributed by atoms with E-state index < -0.39 is 0 Å². The van der Waals surface area contributed by atoms with E-state index in [0.717, 1.165) is 24.2 Å². The minimum atomic E-state index is -0.299. The van der Waals surface area contributed by atoms with Crippen LogP contribution in [-0.2, 0) is 4.79 Å². The average Bonchev–Trinajstić information content (AvgIpc) is 3.20. The van der Waals surface area contributed by atoms with Crippen molar-refractivity contribution in [1.29, 1.82) is 5.26 Å². The number of rotatable bonds is 5. The summed E-state index contributed by atoms with van der Waals surface area (Å²) in [6, 6.07) is 9.52. The van der Waals surface area contributed by atoms with Gasteiger partial charge in [-0.2, -0.15) is 5.26 Å². The Bertz CT molecular complexity index is 539. The number of nitrogens with zero attached hydrogens (tertiary/aromatic N) is 1. The van der Waals surface area contributed by atoms with E-state index >= 15 is 0 Å². The van der Waals surface area contributed by atoms with Crippen LogP contribution < -0.4 is 10.1 Å². The lowest BCUT2D eigenvalue weighted by molar-refractivity contribution is -0.117. The summed E-state index contributed by atoms with van der Waals surface area (Å²) in [5.74, 6) is 0.433. The van der Waals surface area contributed by atoms with Gasteiger partial charge in [0, 0.05) is 6.04 Å². The maximum atomic E-state index is 11.8. The SMILES string of the molecule is CCOc1cccc(/C=C(\C#N)C(=O)NC2CC2)c1. The molecule has 4 nitrogen and oxygen atoms in total. The molecule has 1 fully saturated rings. The quantitative estimate of drug-likeness (QED) is 0.649. The van der Waals surface area contributed by atoms with Crippen molar-refractivity contribution in [2.75, 3.05) is 6.61 Å². The number of ether oxygens (including phenoxy) is 1. The third-order valence-corrected chi connectivity index (χ3v) is 2.76. The molecule has 98 valence electrons. The van der Waals surface area contributed by atoms with Gasteiger partial charge in [0.2, 0.25) is 0 Å². The molecule has 1 amide bonds. The van der Waals surface area contributed by atoms with E-state index in [2.05, 4.69) is 5.32 Å². The van der Waals surface area contributed by atoms with E-state index in [0.29, 0.717) is 6.61 Å². The Morgan fingerprint density at radius 1 is 1.58 bits per heavy atom. The zero-order valence-electron chi connectivity index (χ0n) is 10.8. The Labute approximate surface area is 112 Å². The second-order valence-electron chi connectivity index (χ2n) is 4.42. The third-order valence-electron chi connectivity index (χ3n) is 2.76. The van der Waals surface area contributed by atoms with Gasteiger partial charge in [-0.1, -0.05) is 12.1 Å². The lowest BCUT2D eigenvalue weighted by Gasteiger charge is -2.04. The molecular weight excluding hydrogens is 240 g/mol. The summed E-state index contributed by atoms with van der Waals surface area (Å²) in [5.41, 5.74) is 0.911. The molecule has 0 spiro atoms. The third kappa shape index (κ3) is 3.85. The van der Waals surface area contributed by atoms with Crippen molar-refractivity contribution in [3.8, 4) is 11.8 Å². The van der Waals surface area contributed by atoms with Gasteiger partial charge in [-0.25, -0.2) is 0 Å². The molecule has 4 heteroatoms. The van der Waals surface area contributed by atoms with E-state index in [1.54, 1.807) is 6.08 Å². The molecule has 1 aromatic carbocycles. The second kappa shape index (κ2) is 6.05. The summed E-state index contributed by atoms with van der Waals surface area (Å²) in [7, 11) is 0. The Morgan fingerprint density at radius 3 is 3.00 bits per heavy atom. The lowest BCUT2D eigenvalue weighted by atomic mass is 10.1. The van der Waals surface area contributed by atoms with E-state index in [4.69, 9.17) is 10.00 Å². The summed E-state index contributed by atoms with van der Waals surface area (Å²) >= 11 is 0. The summed E-state index contributed by atoms with van der Waals surface area (Å²) < 4.78 is 5.38. The molecule has 1 aliphatic rings. The topological polar surface area (TPSA) is 62.1 Å². The van der Waals surface area contributed by atoms with Gasteiger partial charge in [-0.15, -0.1) is 0 Å². The molecule has 0 saturated heterocycles. The van der Waals surface area contributed by atoms with Gasteiger partial charge >= 0.3 is 0 Å². The fourth-order valence-corrected chi connectivity index (χ4v) is 1.67. The lowest BCUT2D eigenvalue weighted by Crippen LogP contribution is -2.26. The summed E-state index contributed by atoms with van der Waals surface area (Å²) in [6.45, 7) is 2.49. The maximum absolute atomic E-state index is 11.8. The average molecular weight is 256 g/mol. The van der Waals surface area contributed by atoms with Crippen LogP contribution in [0.3, 0.4) is 0 Å². The van der Waals surface area contributed by atoms with E-state index in [9.17, 15) is 4.79 Å². The molecule has 1 aliphatic carbocycles. The van der Waals surface area contributed by atoms with Crippen molar-refractivity contribution < 1.29 is 9.53 Å². The maximum Gasteiger partial charge on any atom is 0.262 e. The second-order valence-corrected chi connectivity index (χ2v) is 4.42. The summed E-state index contributed by atoms with van der Waals surface area (Å²) in [4.78, 5) is 11.8. The van der Waals surface area contributed by atoms with Crippen molar-refractivity contribution in [2.45, 2.75) is 25.8 Å². The van der Waals surface area contributed by atoms with Gasteiger partial charge < -0.3 is 10.1 Å². The highest BCUT2D eigenvalue weighted by Gasteiger charge is 2.24. The van der Waals surface area contributed by atoms with Crippen LogP contribution in [0.25, 0.3) is 6.08 Å². The van der Waals surface area contributed by atoms with Crippen LogP contribution in [0.4, 0.5) is 0 Å². The Hall–Kier alpha value is -2.28. The van der Waals surface area contributed by atoms with Crippen LogP contribution in [0.2, 0.25) is 0 Å². The predicted molar refractivity (Wildman–Crippen MR) is 72.4 cm³/mol. The van der Waals surface area contributed by atoms with Gasteiger partial charge in [-0.05, 0) is 43.5 Å². The number of amides is 1. The van der Waals surface area contributed by atoms with Crippen LogP contribution in [0.5, 0.6) is 5.75 Å². The molecule has 0 aliphatic heterocycles. The zero-order chi connectivity index (χ0) is 13.7. The highest BCUT2D eigenvalue weighted by molar-refractivity contribution is 6.01. The summed E-state index contributed by atoms with van der Waals surface area (Å²) in [6.07, 6.45) is 3.59. The number of nitriles is 1. The highest BCUT2D eigenvalue weighted by atomic mass is 16.5. The molecule has 0 unspecified atom stereocenters. The largest absolute Gasteiger partial charge is 0.494 e. The first-order chi connectivity index (χ1) is 9.22. The standard InChI is InChI=1S/C15H16N2O2/c1-2-19-14-5-3-4-11(9-14)8-12(10-16)15(18)17-13-6-7-13/h3-5,8-9,13H,2,6-7H2,1H3,(H,17,18)/b12-8+.